The van der Waals surface area contributed by atoms with E-state index in [1.165, 1.54) is 57.8 Å². The highest BCUT2D eigenvalue weighted by Gasteiger charge is 2.30. The van der Waals surface area contributed by atoms with Crippen LogP contribution in [-0.2, 0) is 65.4 Å². The zero-order valence-electron chi connectivity index (χ0n) is 67.5. The van der Waals surface area contributed by atoms with E-state index in [0.717, 1.165) is 180 Å². The molecule has 616 valence electrons. The molecule has 0 aromatic heterocycles. The monoisotopic (exact) mass is 1550 g/mol. The van der Waals surface area contributed by atoms with Crippen LogP contribution >= 0.6 is 15.6 Å². The number of rotatable bonds is 77. The molecule has 3 N–H and O–H groups in total. The molecule has 5 atom stereocenters. The molecule has 0 rings (SSSR count). The van der Waals surface area contributed by atoms with Crippen LogP contribution in [0.4, 0.5) is 0 Å². The van der Waals surface area contributed by atoms with E-state index in [-0.39, 0.29) is 25.7 Å². The highest BCUT2D eigenvalue weighted by molar-refractivity contribution is 7.47. The summed E-state index contributed by atoms with van der Waals surface area (Å²) >= 11 is 0. The molecule has 17 nitrogen and oxygen atoms in total. The van der Waals surface area contributed by atoms with Gasteiger partial charge in [0.2, 0.25) is 0 Å². The summed E-state index contributed by atoms with van der Waals surface area (Å²) in [6, 6.07) is 0. The molecular formula is C89H148O17P2. The van der Waals surface area contributed by atoms with Crippen LogP contribution < -0.4 is 0 Å². The zero-order valence-corrected chi connectivity index (χ0v) is 69.3. The number of esters is 4. The fourth-order valence-electron chi connectivity index (χ4n) is 10.7. The van der Waals surface area contributed by atoms with Crippen molar-refractivity contribution in [2.24, 2.45) is 0 Å². The van der Waals surface area contributed by atoms with Crippen molar-refractivity contribution in [1.82, 2.24) is 0 Å². The van der Waals surface area contributed by atoms with Crippen molar-refractivity contribution >= 4 is 39.5 Å². The normalized spacial score (nSPS) is 14.6. The fourth-order valence-corrected chi connectivity index (χ4v) is 12.2. The highest BCUT2D eigenvalue weighted by Crippen LogP contribution is 2.45. The largest absolute Gasteiger partial charge is 0.472 e. The van der Waals surface area contributed by atoms with E-state index in [1.807, 2.05) is 12.2 Å². The van der Waals surface area contributed by atoms with Crippen LogP contribution in [0.25, 0.3) is 0 Å². The number of ether oxygens (including phenoxy) is 4. The summed E-state index contributed by atoms with van der Waals surface area (Å²) in [6.45, 7) is 4.51. The number of hydrogen-bond donors (Lipinski definition) is 3. The van der Waals surface area contributed by atoms with Gasteiger partial charge in [-0.15, -0.1) is 0 Å². The molecule has 0 aromatic carbocycles. The Morgan fingerprint density at radius 3 is 0.806 bits per heavy atom. The van der Waals surface area contributed by atoms with Crippen LogP contribution in [0.1, 0.15) is 323 Å². The SMILES string of the molecule is CC/C=C\C/C=C\C/C=C\C/C=C\C/C=C\CCCC(=O)OC(COC(=O)CCCCCCCC/C=C\C/C=C\C/C=C\CCCCC)COP(=O)(O)OCC(O)COP(=O)(O)OCC(COC(=O)CCCCCC/C=C\C/C=C\C/C=C\C/C=C\CC)OC(=O)CCCCCCC/C=C\CCCCCCCC. The Hall–Kier alpha value is -5.32. The predicted molar refractivity (Wildman–Crippen MR) is 445 cm³/mol. The highest BCUT2D eigenvalue weighted by atomic mass is 31.2. The second-order valence-corrected chi connectivity index (χ2v) is 30.2. The van der Waals surface area contributed by atoms with Crippen LogP contribution in [-0.4, -0.2) is 96.7 Å². The Kier molecular flexibility index (Phi) is 75.8. The van der Waals surface area contributed by atoms with Gasteiger partial charge in [-0.1, -0.05) is 288 Å². The van der Waals surface area contributed by atoms with E-state index in [2.05, 4.69) is 174 Å². The summed E-state index contributed by atoms with van der Waals surface area (Å²) < 4.78 is 68.7. The Morgan fingerprint density at radius 1 is 0.269 bits per heavy atom. The van der Waals surface area contributed by atoms with Gasteiger partial charge in [0.15, 0.2) is 12.2 Å². The maximum atomic E-state index is 13.1. The van der Waals surface area contributed by atoms with Gasteiger partial charge in [0.05, 0.1) is 26.4 Å². The lowest BCUT2D eigenvalue weighted by atomic mass is 10.1. The summed E-state index contributed by atoms with van der Waals surface area (Å²) in [6.07, 6.45) is 93.6. The minimum absolute atomic E-state index is 0.00830. The van der Waals surface area contributed by atoms with Gasteiger partial charge in [0, 0.05) is 25.7 Å². The Morgan fingerprint density at radius 2 is 0.491 bits per heavy atom. The minimum Gasteiger partial charge on any atom is -0.462 e. The zero-order chi connectivity index (χ0) is 78.9. The molecule has 0 aliphatic rings. The molecule has 5 unspecified atom stereocenters. The molecule has 0 heterocycles. The van der Waals surface area contributed by atoms with E-state index in [0.29, 0.717) is 32.1 Å². The molecule has 0 spiro atoms. The number of carbonyl (C=O) groups is 4. The van der Waals surface area contributed by atoms with Crippen LogP contribution in [0.5, 0.6) is 0 Å². The molecule has 0 aromatic rings. The first kappa shape index (κ1) is 103. The van der Waals surface area contributed by atoms with Crippen molar-refractivity contribution in [1.29, 1.82) is 0 Å². The van der Waals surface area contributed by atoms with E-state index in [1.54, 1.807) is 0 Å². The lowest BCUT2D eigenvalue weighted by molar-refractivity contribution is -0.161. The first-order valence-electron chi connectivity index (χ1n) is 41.7. The average Bonchev–Trinajstić information content (AvgIpc) is 0.900. The second-order valence-electron chi connectivity index (χ2n) is 27.3. The van der Waals surface area contributed by atoms with E-state index >= 15 is 0 Å². The smallest absolute Gasteiger partial charge is 0.462 e. The maximum Gasteiger partial charge on any atom is 0.472 e. The fraction of sp³-hybridized carbons (Fsp3) is 0.663. The molecule has 0 bridgehead atoms. The van der Waals surface area contributed by atoms with Gasteiger partial charge in [0.1, 0.15) is 19.3 Å². The lowest BCUT2D eigenvalue weighted by Crippen LogP contribution is -2.30. The number of phosphoric ester groups is 2. The summed E-state index contributed by atoms with van der Waals surface area (Å²) in [5.74, 6) is -2.30. The van der Waals surface area contributed by atoms with Gasteiger partial charge in [-0.25, -0.2) is 9.13 Å². The number of aliphatic hydroxyl groups is 1. The van der Waals surface area contributed by atoms with Crippen molar-refractivity contribution in [2.75, 3.05) is 39.6 Å². The van der Waals surface area contributed by atoms with E-state index < -0.39 is 97.5 Å². The van der Waals surface area contributed by atoms with Crippen molar-refractivity contribution in [3.05, 3.63) is 158 Å². The van der Waals surface area contributed by atoms with Crippen LogP contribution in [0.3, 0.4) is 0 Å². The Labute approximate surface area is 655 Å². The number of aliphatic hydroxyl groups excluding tert-OH is 1. The molecule has 0 saturated heterocycles. The van der Waals surface area contributed by atoms with Gasteiger partial charge in [0.25, 0.3) is 0 Å². The first-order valence-corrected chi connectivity index (χ1v) is 44.7. The second kappa shape index (κ2) is 79.8. The minimum atomic E-state index is -5.01. The van der Waals surface area contributed by atoms with Crippen LogP contribution in [0, 0.1) is 0 Å². The third-order valence-electron chi connectivity index (χ3n) is 17.0. The number of carbonyl (C=O) groups excluding carboxylic acids is 4. The molecule has 0 aliphatic heterocycles. The van der Waals surface area contributed by atoms with Crippen molar-refractivity contribution in [3.8, 4) is 0 Å². The molecule has 0 radical (unpaired) electrons. The maximum absolute atomic E-state index is 13.1. The third kappa shape index (κ3) is 78.8. The quantitative estimate of drug-likeness (QED) is 0.0169. The van der Waals surface area contributed by atoms with Crippen LogP contribution in [0.2, 0.25) is 0 Å². The number of unbranched alkanes of at least 4 members (excludes halogenated alkanes) is 25. The number of phosphoric acid groups is 2. The standard InChI is InChI=1S/C89H148O17P2/c1-5-9-13-17-21-25-29-33-37-40-41-44-47-50-54-58-62-66-70-74-87(92)100-80-85(106-89(94)76-72-68-64-60-56-52-48-43-39-35-31-27-23-19-15-11-7-3)82-104-108(97,98)102-78-83(90)77-101-107(95,96)103-81-84(105-88(93)75-71-67-63-59-55-51-45-36-32-28-24-20-16-12-8-4)79-99-86(91)73-69-65-61-57-53-49-46-42-38-34-30-26-22-18-14-10-6-2/h10-11,14-15,21-23,25-27,33-39,41,44-46,48-49,52,60,64,83-85,90H,5-9,12-13,16-20,24,28-32,40,42-43,47,50-51,53-59,61-63,65-82H2,1-4H3,(H,95,96)(H,97,98)/b14-10-,15-11-,25-21-,26-22-,27-23-,37-33-,38-34-,39-35-,44-41-,45-36-,49-46-,52-48-,64-60-. The average molecular weight is 1550 g/mol. The Balaban J connectivity index is 5.47. The van der Waals surface area contributed by atoms with E-state index in [4.69, 9.17) is 37.0 Å². The predicted octanol–water partition coefficient (Wildman–Crippen LogP) is 24.8. The summed E-state index contributed by atoms with van der Waals surface area (Å²) in [5.41, 5.74) is 0. The Bertz CT molecular complexity index is 2660. The van der Waals surface area contributed by atoms with Gasteiger partial charge in [-0.3, -0.25) is 37.3 Å². The van der Waals surface area contributed by atoms with Crippen molar-refractivity contribution in [3.63, 3.8) is 0 Å². The molecule has 19 heteroatoms. The molecule has 0 amide bonds. The number of allylic oxidation sites excluding steroid dienone is 26. The van der Waals surface area contributed by atoms with E-state index in [9.17, 15) is 43.2 Å². The summed E-state index contributed by atoms with van der Waals surface area (Å²) in [4.78, 5) is 73.2. The lowest BCUT2D eigenvalue weighted by Gasteiger charge is -2.21. The molecule has 0 fully saturated rings. The first-order chi connectivity index (χ1) is 52.7. The third-order valence-corrected chi connectivity index (χ3v) is 18.9. The summed E-state index contributed by atoms with van der Waals surface area (Å²) in [7, 11) is -10.0. The molecular weight excluding hydrogens is 1400 g/mol. The number of hydrogen-bond acceptors (Lipinski definition) is 15. The van der Waals surface area contributed by atoms with Crippen molar-refractivity contribution < 1.29 is 80.2 Å². The molecule has 108 heavy (non-hydrogen) atoms. The van der Waals surface area contributed by atoms with Gasteiger partial charge in [-0.05, 0) is 167 Å². The van der Waals surface area contributed by atoms with Crippen molar-refractivity contribution in [2.45, 2.75) is 341 Å². The topological polar surface area (TPSA) is 237 Å². The molecule has 0 saturated carbocycles. The summed E-state index contributed by atoms with van der Waals surface area (Å²) in [5, 5.41) is 10.7. The van der Waals surface area contributed by atoms with Gasteiger partial charge < -0.3 is 33.8 Å². The van der Waals surface area contributed by atoms with Gasteiger partial charge in [-0.2, -0.15) is 0 Å². The van der Waals surface area contributed by atoms with Gasteiger partial charge >= 0.3 is 39.5 Å². The molecule has 0 aliphatic carbocycles. The van der Waals surface area contributed by atoms with Crippen LogP contribution in [0.15, 0.2) is 158 Å².